The van der Waals surface area contributed by atoms with Gasteiger partial charge in [0.25, 0.3) is 0 Å². The van der Waals surface area contributed by atoms with Crippen molar-refractivity contribution < 1.29 is 13.9 Å². The van der Waals surface area contributed by atoms with Gasteiger partial charge in [-0.3, -0.25) is 0 Å². The highest BCUT2D eigenvalue weighted by Gasteiger charge is 2.12. The van der Waals surface area contributed by atoms with Crippen molar-refractivity contribution in [3.05, 3.63) is 52.0 Å². The van der Waals surface area contributed by atoms with Gasteiger partial charge in [0, 0.05) is 17.1 Å². The highest BCUT2D eigenvalue weighted by atomic mass is 32.1. The summed E-state index contributed by atoms with van der Waals surface area (Å²) in [6, 6.07) is 7.95. The lowest BCUT2D eigenvalue weighted by atomic mass is 10.1. The van der Waals surface area contributed by atoms with Crippen LogP contribution in [0, 0.1) is 5.82 Å². The van der Waals surface area contributed by atoms with Gasteiger partial charge >= 0.3 is 5.97 Å². The van der Waals surface area contributed by atoms with Crippen LogP contribution in [0.1, 0.15) is 15.2 Å². The van der Waals surface area contributed by atoms with Crippen LogP contribution >= 0.6 is 11.3 Å². The van der Waals surface area contributed by atoms with Crippen LogP contribution in [0.25, 0.3) is 0 Å². The fourth-order valence-corrected chi connectivity index (χ4v) is 2.19. The summed E-state index contributed by atoms with van der Waals surface area (Å²) in [5.74, 6) is -1.01. The van der Waals surface area contributed by atoms with Gasteiger partial charge in [0.05, 0.1) is 12.7 Å². The van der Waals surface area contributed by atoms with Crippen LogP contribution in [-0.2, 0) is 11.3 Å². The Labute approximate surface area is 108 Å². The van der Waals surface area contributed by atoms with Crippen molar-refractivity contribution in [3.63, 3.8) is 0 Å². The van der Waals surface area contributed by atoms with E-state index in [1.807, 2.05) is 17.5 Å². The quantitative estimate of drug-likeness (QED) is 0.862. The lowest BCUT2D eigenvalue weighted by Crippen LogP contribution is -2.08. The van der Waals surface area contributed by atoms with E-state index < -0.39 is 11.8 Å². The molecular weight excluding hydrogens is 253 g/mol. The van der Waals surface area contributed by atoms with Gasteiger partial charge in [-0.15, -0.1) is 11.3 Å². The van der Waals surface area contributed by atoms with Gasteiger partial charge in [-0.2, -0.15) is 0 Å². The number of methoxy groups -OCH3 is 1. The van der Waals surface area contributed by atoms with Crippen molar-refractivity contribution in [2.75, 3.05) is 12.4 Å². The summed E-state index contributed by atoms with van der Waals surface area (Å²) in [6.07, 6.45) is 0. The third-order valence-corrected chi connectivity index (χ3v) is 3.30. The van der Waals surface area contributed by atoms with E-state index in [1.54, 1.807) is 11.3 Å². The highest BCUT2D eigenvalue weighted by Crippen LogP contribution is 2.20. The van der Waals surface area contributed by atoms with Gasteiger partial charge < -0.3 is 10.1 Å². The Morgan fingerprint density at radius 1 is 1.44 bits per heavy atom. The van der Waals surface area contributed by atoms with Gasteiger partial charge in [-0.25, -0.2) is 9.18 Å². The van der Waals surface area contributed by atoms with Crippen molar-refractivity contribution in [2.45, 2.75) is 6.54 Å². The smallest absolute Gasteiger partial charge is 0.340 e. The molecule has 1 heterocycles. The molecule has 0 spiro atoms. The molecule has 18 heavy (non-hydrogen) atoms. The number of hydrogen-bond donors (Lipinski definition) is 1. The molecular formula is C13H12FNO2S. The molecule has 2 rings (SSSR count). The number of halogens is 1. The van der Waals surface area contributed by atoms with E-state index >= 15 is 0 Å². The van der Waals surface area contributed by atoms with E-state index in [4.69, 9.17) is 0 Å². The Bertz CT molecular complexity index is 540. The molecule has 0 saturated carbocycles. The molecule has 0 aliphatic rings. The molecule has 1 aromatic carbocycles. The number of anilines is 1. The maximum atomic E-state index is 13.1. The number of hydrogen-bond acceptors (Lipinski definition) is 4. The second-order valence-electron chi connectivity index (χ2n) is 3.61. The maximum absolute atomic E-state index is 13.1. The number of rotatable bonds is 4. The summed E-state index contributed by atoms with van der Waals surface area (Å²) in [4.78, 5) is 12.7. The van der Waals surface area contributed by atoms with Gasteiger partial charge in [-0.1, -0.05) is 6.07 Å². The predicted octanol–water partition coefficient (Wildman–Crippen LogP) is 3.29. The standard InChI is InChI=1S/C13H12FNO2S/c1-17-13(16)11-7-9(14)4-5-12(11)15-8-10-3-2-6-18-10/h2-7,15H,8H2,1H3. The molecule has 0 unspecified atom stereocenters. The molecule has 94 valence electrons. The molecule has 3 nitrogen and oxygen atoms in total. The van der Waals surface area contributed by atoms with Crippen molar-refractivity contribution in [2.24, 2.45) is 0 Å². The average Bonchev–Trinajstić information content (AvgIpc) is 2.89. The third-order valence-electron chi connectivity index (χ3n) is 2.42. The lowest BCUT2D eigenvalue weighted by molar-refractivity contribution is 0.0601. The largest absolute Gasteiger partial charge is 0.465 e. The number of esters is 1. The zero-order valence-corrected chi connectivity index (χ0v) is 10.6. The van der Waals surface area contributed by atoms with Gasteiger partial charge in [0.15, 0.2) is 0 Å². The molecule has 0 saturated heterocycles. The van der Waals surface area contributed by atoms with E-state index in [9.17, 15) is 9.18 Å². The van der Waals surface area contributed by atoms with E-state index in [0.29, 0.717) is 12.2 Å². The Kier molecular flexibility index (Phi) is 3.94. The molecule has 0 bridgehead atoms. The van der Waals surface area contributed by atoms with Crippen molar-refractivity contribution in [1.29, 1.82) is 0 Å². The minimum absolute atomic E-state index is 0.203. The molecule has 0 aliphatic carbocycles. The zero-order valence-electron chi connectivity index (χ0n) is 9.77. The van der Waals surface area contributed by atoms with Crippen LogP contribution in [0.3, 0.4) is 0 Å². The fourth-order valence-electron chi connectivity index (χ4n) is 1.54. The van der Waals surface area contributed by atoms with Crippen LogP contribution in [0.15, 0.2) is 35.7 Å². The van der Waals surface area contributed by atoms with Crippen LogP contribution in [0.5, 0.6) is 0 Å². The van der Waals surface area contributed by atoms with Crippen LogP contribution in [0.4, 0.5) is 10.1 Å². The summed E-state index contributed by atoms with van der Waals surface area (Å²) >= 11 is 1.61. The first-order valence-electron chi connectivity index (χ1n) is 5.35. The van der Waals surface area contributed by atoms with E-state index in [1.165, 1.54) is 25.3 Å². The van der Waals surface area contributed by atoms with E-state index in [2.05, 4.69) is 10.1 Å². The first-order chi connectivity index (χ1) is 8.70. The second-order valence-corrected chi connectivity index (χ2v) is 4.65. The van der Waals surface area contributed by atoms with Crippen molar-refractivity contribution in [1.82, 2.24) is 0 Å². The molecule has 0 atom stereocenters. The number of nitrogens with one attached hydrogen (secondary N) is 1. The van der Waals surface area contributed by atoms with Gasteiger partial charge in [0.2, 0.25) is 0 Å². The normalized spacial score (nSPS) is 10.1. The van der Waals surface area contributed by atoms with Gasteiger partial charge in [0.1, 0.15) is 5.82 Å². The van der Waals surface area contributed by atoms with Crippen LogP contribution in [0.2, 0.25) is 0 Å². The van der Waals surface area contributed by atoms with Crippen LogP contribution in [-0.4, -0.2) is 13.1 Å². The molecule has 1 N–H and O–H groups in total. The molecule has 0 fully saturated rings. The Hall–Kier alpha value is -1.88. The molecule has 2 aromatic rings. The van der Waals surface area contributed by atoms with E-state index in [-0.39, 0.29) is 5.56 Å². The van der Waals surface area contributed by atoms with Gasteiger partial charge in [-0.05, 0) is 29.6 Å². The fraction of sp³-hybridized carbons (Fsp3) is 0.154. The summed E-state index contributed by atoms with van der Waals surface area (Å²) in [6.45, 7) is 0.591. The summed E-state index contributed by atoms with van der Waals surface area (Å²) < 4.78 is 17.7. The Morgan fingerprint density at radius 3 is 2.94 bits per heavy atom. The number of benzene rings is 1. The maximum Gasteiger partial charge on any atom is 0.340 e. The van der Waals surface area contributed by atoms with Crippen molar-refractivity contribution >= 4 is 23.0 Å². The zero-order chi connectivity index (χ0) is 13.0. The second kappa shape index (κ2) is 5.64. The molecule has 0 aliphatic heterocycles. The van der Waals surface area contributed by atoms with E-state index in [0.717, 1.165) is 4.88 Å². The summed E-state index contributed by atoms with van der Waals surface area (Å²) in [5.41, 5.74) is 0.769. The topological polar surface area (TPSA) is 38.3 Å². The summed E-state index contributed by atoms with van der Waals surface area (Å²) in [7, 11) is 1.27. The average molecular weight is 265 g/mol. The minimum Gasteiger partial charge on any atom is -0.465 e. The number of carbonyl (C=O) groups excluding carboxylic acids is 1. The Balaban J connectivity index is 2.18. The first-order valence-corrected chi connectivity index (χ1v) is 6.23. The van der Waals surface area contributed by atoms with Crippen molar-refractivity contribution in [3.8, 4) is 0 Å². The lowest BCUT2D eigenvalue weighted by Gasteiger charge is -2.10. The number of carbonyl (C=O) groups is 1. The minimum atomic E-state index is -0.553. The van der Waals surface area contributed by atoms with Crippen LogP contribution < -0.4 is 5.32 Å². The molecule has 0 radical (unpaired) electrons. The number of thiophene rings is 1. The molecule has 5 heteroatoms. The Morgan fingerprint density at radius 2 is 2.28 bits per heavy atom. The highest BCUT2D eigenvalue weighted by molar-refractivity contribution is 7.09. The monoisotopic (exact) mass is 265 g/mol. The number of ether oxygens (including phenoxy) is 1. The molecule has 1 aromatic heterocycles. The molecule has 0 amide bonds. The summed E-state index contributed by atoms with van der Waals surface area (Å²) in [5, 5.41) is 5.08. The third kappa shape index (κ3) is 2.87. The predicted molar refractivity (Wildman–Crippen MR) is 69.4 cm³/mol. The first kappa shape index (κ1) is 12.6. The SMILES string of the molecule is COC(=O)c1cc(F)ccc1NCc1cccs1.